The summed E-state index contributed by atoms with van der Waals surface area (Å²) in [7, 11) is -1.71. The second kappa shape index (κ2) is 4.17. The van der Waals surface area contributed by atoms with Crippen molar-refractivity contribution in [3.8, 4) is 0 Å². The molecule has 2 nitrogen and oxygen atoms in total. The number of halogens is 1. The Hall–Kier alpha value is 0.327. The van der Waals surface area contributed by atoms with Gasteiger partial charge in [-0.25, -0.2) is 0 Å². The van der Waals surface area contributed by atoms with Crippen molar-refractivity contribution in [2.45, 2.75) is 62.7 Å². The van der Waals surface area contributed by atoms with Crippen molar-refractivity contribution in [2.75, 3.05) is 0 Å². The largest absolute Gasteiger partial charge is 0.413 e. The highest BCUT2D eigenvalue weighted by Crippen LogP contribution is 2.50. The van der Waals surface area contributed by atoms with E-state index in [4.69, 9.17) is 4.43 Å². The average molecular weight is 319 g/mol. The van der Waals surface area contributed by atoms with Crippen LogP contribution in [0.1, 0.15) is 33.6 Å². The van der Waals surface area contributed by atoms with Crippen LogP contribution in [0.3, 0.4) is 0 Å². The van der Waals surface area contributed by atoms with Crippen LogP contribution in [0.2, 0.25) is 18.1 Å². The standard InChI is InChI=1S/C13H23BrO2Si/c1-13(2,3)17(4,5)16-11-7-8-9(12(11)14)6-10(8)15/h8-9,11-12H,6-7H2,1-5H3/t8-,9-,11+,12?/m1/s1. The highest BCUT2D eigenvalue weighted by Gasteiger charge is 2.54. The summed E-state index contributed by atoms with van der Waals surface area (Å²) in [6, 6.07) is 0. The van der Waals surface area contributed by atoms with E-state index in [1.54, 1.807) is 0 Å². The van der Waals surface area contributed by atoms with E-state index < -0.39 is 8.32 Å². The maximum atomic E-state index is 11.5. The van der Waals surface area contributed by atoms with Gasteiger partial charge in [-0.05, 0) is 30.5 Å². The number of Topliss-reactive ketones (excluding diaryl/α,β-unsaturated/α-hetero) is 1. The molecule has 2 aliphatic carbocycles. The number of carbonyl (C=O) groups excluding carboxylic acids is 1. The molecule has 2 aliphatic rings. The normalized spacial score (nSPS) is 37.9. The van der Waals surface area contributed by atoms with E-state index in [2.05, 4.69) is 49.8 Å². The van der Waals surface area contributed by atoms with E-state index in [-0.39, 0.29) is 17.1 Å². The van der Waals surface area contributed by atoms with E-state index in [1.807, 2.05) is 0 Å². The first-order chi connectivity index (χ1) is 7.63. The molecule has 17 heavy (non-hydrogen) atoms. The van der Waals surface area contributed by atoms with Crippen LogP contribution in [0.25, 0.3) is 0 Å². The van der Waals surface area contributed by atoms with Crippen molar-refractivity contribution < 1.29 is 9.22 Å². The van der Waals surface area contributed by atoms with Gasteiger partial charge >= 0.3 is 0 Å². The number of fused-ring (bicyclic) bond motifs is 1. The topological polar surface area (TPSA) is 26.3 Å². The summed E-state index contributed by atoms with van der Waals surface area (Å²) < 4.78 is 6.44. The molecule has 98 valence electrons. The summed E-state index contributed by atoms with van der Waals surface area (Å²) in [6.07, 6.45) is 1.95. The highest BCUT2D eigenvalue weighted by atomic mass is 79.9. The minimum Gasteiger partial charge on any atom is -0.413 e. The fraction of sp³-hybridized carbons (Fsp3) is 0.923. The van der Waals surface area contributed by atoms with Gasteiger partial charge in [0, 0.05) is 17.2 Å². The molecule has 0 aliphatic heterocycles. The Morgan fingerprint density at radius 3 is 2.35 bits per heavy atom. The minimum atomic E-state index is -1.71. The van der Waals surface area contributed by atoms with E-state index in [1.165, 1.54) is 0 Å². The van der Waals surface area contributed by atoms with E-state index in [9.17, 15) is 4.79 Å². The molecule has 2 rings (SSSR count). The lowest BCUT2D eigenvalue weighted by molar-refractivity contribution is -0.132. The molecule has 2 fully saturated rings. The summed E-state index contributed by atoms with van der Waals surface area (Å²) >= 11 is 3.75. The highest BCUT2D eigenvalue weighted by molar-refractivity contribution is 9.09. The van der Waals surface area contributed by atoms with Crippen LogP contribution in [0.4, 0.5) is 0 Å². The predicted molar refractivity (Wildman–Crippen MR) is 76.0 cm³/mol. The Kier molecular flexibility index (Phi) is 3.37. The van der Waals surface area contributed by atoms with Crippen molar-refractivity contribution in [3.05, 3.63) is 0 Å². The Labute approximate surface area is 114 Å². The number of carbonyl (C=O) groups is 1. The minimum absolute atomic E-state index is 0.241. The molecule has 0 aromatic heterocycles. The van der Waals surface area contributed by atoms with Gasteiger partial charge in [0.05, 0.1) is 6.10 Å². The van der Waals surface area contributed by atoms with Crippen molar-refractivity contribution in [2.24, 2.45) is 11.8 Å². The van der Waals surface area contributed by atoms with Crippen LogP contribution >= 0.6 is 15.9 Å². The van der Waals surface area contributed by atoms with Crippen LogP contribution in [0.15, 0.2) is 0 Å². The maximum absolute atomic E-state index is 11.5. The smallest absolute Gasteiger partial charge is 0.192 e. The lowest BCUT2D eigenvalue weighted by Gasteiger charge is -2.39. The first-order valence-electron chi connectivity index (χ1n) is 6.48. The molecule has 0 amide bonds. The van der Waals surface area contributed by atoms with Gasteiger partial charge in [-0.3, -0.25) is 4.79 Å². The predicted octanol–water partition coefficient (Wildman–Crippen LogP) is 3.75. The lowest BCUT2D eigenvalue weighted by Crippen LogP contribution is -2.45. The Morgan fingerprint density at radius 2 is 1.94 bits per heavy atom. The van der Waals surface area contributed by atoms with E-state index in [0.29, 0.717) is 16.5 Å². The summed E-state index contributed by atoms with van der Waals surface area (Å²) in [4.78, 5) is 11.9. The van der Waals surface area contributed by atoms with Crippen LogP contribution in [0.5, 0.6) is 0 Å². The monoisotopic (exact) mass is 318 g/mol. The number of hydrogen-bond donors (Lipinski definition) is 0. The van der Waals surface area contributed by atoms with Gasteiger partial charge in [0.15, 0.2) is 8.32 Å². The van der Waals surface area contributed by atoms with Gasteiger partial charge in [0.2, 0.25) is 0 Å². The SMILES string of the molecule is CC(C)(C)[Si](C)(C)O[C@H]1C[C@H]2C(=O)C[C@H]2C1Br. The number of hydrogen-bond acceptors (Lipinski definition) is 2. The number of alkyl halides is 1. The Morgan fingerprint density at radius 1 is 1.35 bits per heavy atom. The first kappa shape index (κ1) is 13.8. The van der Waals surface area contributed by atoms with E-state index in [0.717, 1.165) is 12.8 Å². The Bertz CT molecular complexity index is 335. The third-order valence-electron chi connectivity index (χ3n) is 4.87. The number of ketones is 1. The zero-order valence-corrected chi connectivity index (χ0v) is 14.0. The fourth-order valence-corrected chi connectivity index (χ4v) is 5.00. The third-order valence-corrected chi connectivity index (χ3v) is 10.6. The molecular formula is C13H23BrO2Si. The van der Waals surface area contributed by atoms with Crippen LogP contribution in [-0.2, 0) is 9.22 Å². The summed E-state index contributed by atoms with van der Waals surface area (Å²) in [5, 5.41) is 0.241. The molecule has 4 heteroatoms. The summed E-state index contributed by atoms with van der Waals surface area (Å²) in [6.45, 7) is 11.4. The molecule has 0 bridgehead atoms. The van der Waals surface area contributed by atoms with Gasteiger partial charge in [-0.2, -0.15) is 0 Å². The average Bonchev–Trinajstić information content (AvgIpc) is 2.39. The van der Waals surface area contributed by atoms with Crippen LogP contribution in [0, 0.1) is 11.8 Å². The first-order valence-corrected chi connectivity index (χ1v) is 10.3. The van der Waals surface area contributed by atoms with Gasteiger partial charge in [-0.15, -0.1) is 0 Å². The number of rotatable bonds is 2. The molecule has 1 unspecified atom stereocenters. The quantitative estimate of drug-likeness (QED) is 0.572. The molecular weight excluding hydrogens is 296 g/mol. The van der Waals surface area contributed by atoms with Crippen LogP contribution in [-0.4, -0.2) is 25.0 Å². The molecule has 0 aromatic rings. The van der Waals surface area contributed by atoms with Crippen molar-refractivity contribution in [3.63, 3.8) is 0 Å². The Balaban J connectivity index is 2.03. The molecule has 0 spiro atoms. The van der Waals surface area contributed by atoms with Crippen molar-refractivity contribution >= 4 is 30.0 Å². The van der Waals surface area contributed by atoms with Crippen molar-refractivity contribution in [1.82, 2.24) is 0 Å². The lowest BCUT2D eigenvalue weighted by atomic mass is 9.75. The summed E-state index contributed by atoms with van der Waals surface area (Å²) in [5.41, 5.74) is 0. The summed E-state index contributed by atoms with van der Waals surface area (Å²) in [5.74, 6) is 1.27. The van der Waals surface area contributed by atoms with E-state index >= 15 is 0 Å². The van der Waals surface area contributed by atoms with Gasteiger partial charge in [0.1, 0.15) is 5.78 Å². The molecule has 2 saturated carbocycles. The molecule has 0 heterocycles. The second-order valence-corrected chi connectivity index (χ2v) is 12.9. The zero-order chi connectivity index (χ0) is 13.0. The van der Waals surface area contributed by atoms with Crippen molar-refractivity contribution in [1.29, 1.82) is 0 Å². The van der Waals surface area contributed by atoms with Gasteiger partial charge in [0.25, 0.3) is 0 Å². The third kappa shape index (κ3) is 2.28. The van der Waals surface area contributed by atoms with Crippen LogP contribution < -0.4 is 0 Å². The molecule has 0 aromatic carbocycles. The molecule has 0 saturated heterocycles. The molecule has 4 atom stereocenters. The second-order valence-electron chi connectivity index (χ2n) is 7.04. The maximum Gasteiger partial charge on any atom is 0.192 e. The van der Waals surface area contributed by atoms with Gasteiger partial charge < -0.3 is 4.43 Å². The van der Waals surface area contributed by atoms with Gasteiger partial charge in [-0.1, -0.05) is 36.7 Å². The molecule has 0 N–H and O–H groups in total. The molecule has 0 radical (unpaired) electrons. The zero-order valence-electron chi connectivity index (χ0n) is 11.4. The fourth-order valence-electron chi connectivity index (χ4n) is 2.57.